The maximum Gasteiger partial charge on any atom is 0.269 e. The molecule has 0 aliphatic heterocycles. The van der Waals surface area contributed by atoms with Gasteiger partial charge in [0.2, 0.25) is 11.7 Å². The number of anilines is 1. The fraction of sp³-hybridized carbons (Fsp3) is 0.364. The van der Waals surface area contributed by atoms with Crippen molar-refractivity contribution in [3.8, 4) is 17.2 Å². The molecule has 2 aromatic rings. The van der Waals surface area contributed by atoms with Crippen LogP contribution in [0.15, 0.2) is 36.4 Å². The Hall–Kier alpha value is -3.42. The second kappa shape index (κ2) is 10.9. The minimum Gasteiger partial charge on any atom is -0.493 e. The number of benzene rings is 2. The van der Waals surface area contributed by atoms with Crippen molar-refractivity contribution < 1.29 is 23.8 Å². The van der Waals surface area contributed by atoms with Gasteiger partial charge >= 0.3 is 0 Å². The van der Waals surface area contributed by atoms with Crippen LogP contribution in [0.2, 0.25) is 0 Å². The molecule has 0 heterocycles. The number of hydrogen-bond acceptors (Lipinski definition) is 6. The number of ether oxygens (including phenoxy) is 3. The van der Waals surface area contributed by atoms with Crippen LogP contribution in [0, 0.1) is 0 Å². The van der Waals surface area contributed by atoms with Crippen LogP contribution < -0.4 is 30.0 Å². The van der Waals surface area contributed by atoms with Crippen molar-refractivity contribution >= 4 is 17.5 Å². The van der Waals surface area contributed by atoms with Crippen LogP contribution in [0.1, 0.15) is 29.8 Å². The van der Waals surface area contributed by atoms with Gasteiger partial charge in [-0.15, -0.1) is 0 Å². The molecule has 0 aromatic heterocycles. The molecule has 0 saturated carbocycles. The van der Waals surface area contributed by atoms with E-state index in [1.165, 1.54) is 21.3 Å². The minimum absolute atomic E-state index is 0.00922. The summed E-state index contributed by atoms with van der Waals surface area (Å²) in [6, 6.07) is 10.6. The molecule has 0 fully saturated rings. The van der Waals surface area contributed by atoms with Gasteiger partial charge in [0.1, 0.15) is 0 Å². The Labute approximate surface area is 177 Å². The van der Waals surface area contributed by atoms with Crippen molar-refractivity contribution in [2.24, 2.45) is 0 Å². The van der Waals surface area contributed by atoms with Crippen molar-refractivity contribution in [2.75, 3.05) is 39.3 Å². The topological polar surface area (TPSA) is 89.1 Å². The summed E-state index contributed by atoms with van der Waals surface area (Å²) in [5, 5.41) is 0. The van der Waals surface area contributed by atoms with Crippen LogP contribution in [0.25, 0.3) is 0 Å². The van der Waals surface area contributed by atoms with Crippen molar-refractivity contribution in [1.82, 2.24) is 10.9 Å². The monoisotopic (exact) mass is 415 g/mol. The molecule has 8 nitrogen and oxygen atoms in total. The van der Waals surface area contributed by atoms with Crippen LogP contribution >= 0.6 is 0 Å². The van der Waals surface area contributed by atoms with Crippen LogP contribution in [-0.4, -0.2) is 46.2 Å². The molecule has 2 amide bonds. The first kappa shape index (κ1) is 22.9. The second-order valence-electron chi connectivity index (χ2n) is 6.39. The zero-order chi connectivity index (χ0) is 22.1. The van der Waals surface area contributed by atoms with Gasteiger partial charge in [0.15, 0.2) is 11.5 Å². The molecule has 0 spiro atoms. The van der Waals surface area contributed by atoms with E-state index in [1.807, 2.05) is 12.1 Å². The lowest BCUT2D eigenvalue weighted by molar-refractivity contribution is -0.121. The molecule has 0 radical (unpaired) electrons. The Morgan fingerprint density at radius 1 is 0.833 bits per heavy atom. The van der Waals surface area contributed by atoms with Gasteiger partial charge in [-0.25, -0.2) is 0 Å². The Bertz CT molecular complexity index is 864. The first-order chi connectivity index (χ1) is 14.5. The Kier molecular flexibility index (Phi) is 8.34. The Morgan fingerprint density at radius 3 is 2.00 bits per heavy atom. The van der Waals surface area contributed by atoms with Gasteiger partial charge in [-0.3, -0.25) is 20.4 Å². The van der Waals surface area contributed by atoms with Crippen molar-refractivity contribution in [2.45, 2.75) is 20.3 Å². The van der Waals surface area contributed by atoms with Gasteiger partial charge in [0.05, 0.1) is 27.8 Å². The molecule has 0 bridgehead atoms. The number of nitrogens with zero attached hydrogens (tertiary/aromatic N) is 1. The van der Waals surface area contributed by atoms with Crippen LogP contribution in [0.3, 0.4) is 0 Å². The molecule has 0 unspecified atom stereocenters. The largest absolute Gasteiger partial charge is 0.493 e. The summed E-state index contributed by atoms with van der Waals surface area (Å²) in [5.74, 6) is 0.523. The van der Waals surface area contributed by atoms with E-state index in [9.17, 15) is 9.59 Å². The number of carbonyl (C=O) groups excluding carboxylic acids is 2. The molecule has 162 valence electrons. The second-order valence-corrected chi connectivity index (χ2v) is 6.39. The van der Waals surface area contributed by atoms with E-state index in [0.29, 0.717) is 28.4 Å². The van der Waals surface area contributed by atoms with Crippen LogP contribution in [-0.2, 0) is 11.2 Å². The molecule has 2 aromatic carbocycles. The van der Waals surface area contributed by atoms with Crippen molar-refractivity contribution in [3.05, 3.63) is 47.5 Å². The Morgan fingerprint density at radius 2 is 1.47 bits per heavy atom. The van der Waals surface area contributed by atoms with Crippen molar-refractivity contribution in [1.29, 1.82) is 0 Å². The molecule has 8 heteroatoms. The molecule has 30 heavy (non-hydrogen) atoms. The molecule has 2 rings (SSSR count). The van der Waals surface area contributed by atoms with Gasteiger partial charge in [-0.05, 0) is 44.2 Å². The van der Waals surface area contributed by atoms with E-state index in [4.69, 9.17) is 14.2 Å². The molecular weight excluding hydrogens is 386 g/mol. The van der Waals surface area contributed by atoms with Gasteiger partial charge in [-0.1, -0.05) is 6.07 Å². The average Bonchev–Trinajstić information content (AvgIpc) is 2.78. The van der Waals surface area contributed by atoms with Crippen LogP contribution in [0.5, 0.6) is 17.2 Å². The third-order valence-electron chi connectivity index (χ3n) is 4.71. The third-order valence-corrected chi connectivity index (χ3v) is 4.71. The normalized spacial score (nSPS) is 10.2. The van der Waals surface area contributed by atoms with E-state index < -0.39 is 11.8 Å². The highest BCUT2D eigenvalue weighted by Crippen LogP contribution is 2.39. The summed E-state index contributed by atoms with van der Waals surface area (Å²) < 4.78 is 15.9. The number of methoxy groups -OCH3 is 3. The SMILES string of the molecule is CCN(CC)c1ccc(C(=O)NNC(=O)Cc2ccc(OC)c(OC)c2OC)cc1. The molecule has 0 atom stereocenters. The van der Waals surface area contributed by atoms with E-state index in [-0.39, 0.29) is 6.42 Å². The number of hydrazine groups is 1. The number of carbonyl (C=O) groups is 2. The minimum atomic E-state index is -0.395. The summed E-state index contributed by atoms with van der Waals surface area (Å²) in [5.41, 5.74) is 6.96. The van der Waals surface area contributed by atoms with Crippen molar-refractivity contribution in [3.63, 3.8) is 0 Å². The third kappa shape index (κ3) is 5.34. The average molecular weight is 415 g/mol. The fourth-order valence-corrected chi connectivity index (χ4v) is 3.13. The molecule has 0 aliphatic carbocycles. The summed E-state index contributed by atoms with van der Waals surface area (Å²) >= 11 is 0. The predicted octanol–water partition coefficient (Wildman–Crippen LogP) is 2.56. The van der Waals surface area contributed by atoms with E-state index in [2.05, 4.69) is 29.6 Å². The van der Waals surface area contributed by atoms with Gasteiger partial charge in [0, 0.05) is 29.9 Å². The number of rotatable bonds is 9. The smallest absolute Gasteiger partial charge is 0.269 e. The number of nitrogens with one attached hydrogen (secondary N) is 2. The van der Waals surface area contributed by atoms with Gasteiger partial charge < -0.3 is 19.1 Å². The highest BCUT2D eigenvalue weighted by Gasteiger charge is 2.18. The molecule has 2 N–H and O–H groups in total. The lowest BCUT2D eigenvalue weighted by Crippen LogP contribution is -2.42. The van der Waals surface area contributed by atoms with E-state index in [1.54, 1.807) is 24.3 Å². The summed E-state index contributed by atoms with van der Waals surface area (Å²) in [6.45, 7) is 5.93. The van der Waals surface area contributed by atoms with Crippen LogP contribution in [0.4, 0.5) is 5.69 Å². The molecule has 0 saturated heterocycles. The standard InChI is InChI=1S/C22H29N3O5/c1-6-25(7-2)17-11-8-15(9-12-17)22(27)24-23-19(26)14-16-10-13-18(28-3)21(30-5)20(16)29-4/h8-13H,6-7,14H2,1-5H3,(H,23,26)(H,24,27). The summed E-state index contributed by atoms with van der Waals surface area (Å²) in [7, 11) is 4.51. The Balaban J connectivity index is 2.00. The number of hydrogen-bond donors (Lipinski definition) is 2. The lowest BCUT2D eigenvalue weighted by atomic mass is 10.1. The fourth-order valence-electron chi connectivity index (χ4n) is 3.13. The molecule has 0 aliphatic rings. The van der Waals surface area contributed by atoms with E-state index >= 15 is 0 Å². The lowest BCUT2D eigenvalue weighted by Gasteiger charge is -2.21. The quantitative estimate of drug-likeness (QED) is 0.612. The zero-order valence-corrected chi connectivity index (χ0v) is 18.1. The number of amides is 2. The molecular formula is C22H29N3O5. The first-order valence-corrected chi connectivity index (χ1v) is 9.70. The van der Waals surface area contributed by atoms with Gasteiger partial charge in [0.25, 0.3) is 5.91 Å². The highest BCUT2D eigenvalue weighted by atomic mass is 16.5. The van der Waals surface area contributed by atoms with E-state index in [0.717, 1.165) is 18.8 Å². The predicted molar refractivity (Wildman–Crippen MR) is 115 cm³/mol. The summed E-state index contributed by atoms with van der Waals surface area (Å²) in [4.78, 5) is 26.8. The van der Waals surface area contributed by atoms with Gasteiger partial charge in [-0.2, -0.15) is 0 Å². The highest BCUT2D eigenvalue weighted by molar-refractivity contribution is 5.95. The zero-order valence-electron chi connectivity index (χ0n) is 18.1. The maximum atomic E-state index is 12.3. The maximum absolute atomic E-state index is 12.3. The first-order valence-electron chi connectivity index (χ1n) is 9.70. The summed E-state index contributed by atoms with van der Waals surface area (Å²) in [6.07, 6.45) is -0.00922.